The molecule has 10 heteroatoms. The van der Waals surface area contributed by atoms with Crippen molar-refractivity contribution < 1.29 is 32.7 Å². The Morgan fingerprint density at radius 1 is 1.00 bits per heavy atom. The minimum absolute atomic E-state index is 0.0586. The van der Waals surface area contributed by atoms with Crippen LogP contribution in [0.25, 0.3) is 5.69 Å². The maximum absolute atomic E-state index is 13.8. The number of urea groups is 1. The Labute approximate surface area is 205 Å². The molecular weight excluding hydrogens is 472 g/mol. The highest BCUT2D eigenvalue weighted by atomic mass is 19.2. The fourth-order valence-electron chi connectivity index (χ4n) is 4.38. The van der Waals surface area contributed by atoms with Crippen LogP contribution in [0.2, 0.25) is 0 Å². The number of methoxy groups -OCH3 is 1. The van der Waals surface area contributed by atoms with Gasteiger partial charge in [-0.25, -0.2) is 18.4 Å². The Kier molecular flexibility index (Phi) is 6.21. The molecule has 3 aromatic rings. The molecule has 4 rings (SSSR count). The largest absolute Gasteiger partial charge is 0.465 e. The molecule has 1 atom stereocenters. The van der Waals surface area contributed by atoms with Crippen LogP contribution in [0.1, 0.15) is 44.6 Å². The summed E-state index contributed by atoms with van der Waals surface area (Å²) in [7, 11) is 1.29. The number of hydrogen-bond donors (Lipinski definition) is 1. The zero-order valence-electron chi connectivity index (χ0n) is 20.0. The standard InChI is InChI=1S/C26H23F2N3O5/c1-14-11-19(15(2)31(14)18-8-5-16(6-9-18)23(33)36-4)22(32)13-30-24(34)26(3,29-25(30)35)17-7-10-20(27)21(28)12-17/h5-12H,13H2,1-4H3,(H,29,35). The number of rotatable bonds is 6. The number of imide groups is 1. The lowest BCUT2D eigenvalue weighted by Crippen LogP contribution is -2.41. The van der Waals surface area contributed by atoms with Gasteiger partial charge in [-0.1, -0.05) is 6.07 Å². The molecule has 186 valence electrons. The normalized spacial score (nSPS) is 17.3. The predicted octanol–water partition coefficient (Wildman–Crippen LogP) is 3.81. The molecule has 2 aromatic carbocycles. The second kappa shape index (κ2) is 9.03. The average molecular weight is 495 g/mol. The highest BCUT2D eigenvalue weighted by Gasteiger charge is 2.49. The smallest absolute Gasteiger partial charge is 0.337 e. The van der Waals surface area contributed by atoms with Gasteiger partial charge in [-0.3, -0.25) is 14.5 Å². The lowest BCUT2D eigenvalue weighted by molar-refractivity contribution is -0.130. The van der Waals surface area contributed by atoms with Crippen LogP contribution in [0, 0.1) is 25.5 Å². The molecule has 3 amide bonds. The van der Waals surface area contributed by atoms with Crippen LogP contribution in [-0.2, 0) is 15.1 Å². The Bertz CT molecular complexity index is 1410. The van der Waals surface area contributed by atoms with Crippen molar-refractivity contribution in [2.45, 2.75) is 26.3 Å². The summed E-state index contributed by atoms with van der Waals surface area (Å²) in [4.78, 5) is 51.4. The van der Waals surface area contributed by atoms with E-state index in [1.807, 2.05) is 4.57 Å². The van der Waals surface area contributed by atoms with E-state index in [-0.39, 0.29) is 5.56 Å². The minimum atomic E-state index is -1.65. The van der Waals surface area contributed by atoms with Crippen molar-refractivity contribution in [2.75, 3.05) is 13.7 Å². The third kappa shape index (κ3) is 4.04. The summed E-state index contributed by atoms with van der Waals surface area (Å²) in [5, 5.41) is 2.48. The van der Waals surface area contributed by atoms with E-state index in [0.29, 0.717) is 22.5 Å². The maximum Gasteiger partial charge on any atom is 0.337 e. The molecule has 0 bridgehead atoms. The highest BCUT2D eigenvalue weighted by Crippen LogP contribution is 2.30. The second-order valence-electron chi connectivity index (χ2n) is 8.66. The number of carbonyl (C=O) groups is 4. The molecule has 1 fully saturated rings. The first-order chi connectivity index (χ1) is 17.0. The third-order valence-corrected chi connectivity index (χ3v) is 6.35. The number of esters is 1. The van der Waals surface area contributed by atoms with Crippen molar-refractivity contribution >= 4 is 23.7 Å². The van der Waals surface area contributed by atoms with Gasteiger partial charge in [0.05, 0.1) is 19.2 Å². The molecule has 0 radical (unpaired) electrons. The number of Topliss-reactive ketones (excluding diaryl/α,β-unsaturated/α-hetero) is 1. The summed E-state index contributed by atoms with van der Waals surface area (Å²) in [6.45, 7) is 4.36. The summed E-state index contributed by atoms with van der Waals surface area (Å²) in [6.07, 6.45) is 0. The molecule has 1 aliphatic heterocycles. The van der Waals surface area contributed by atoms with Crippen LogP contribution in [0.5, 0.6) is 0 Å². The number of ether oxygens (including phenoxy) is 1. The molecule has 0 aliphatic carbocycles. The summed E-state index contributed by atoms with van der Waals surface area (Å²) in [5.74, 6) is -3.93. The van der Waals surface area contributed by atoms with E-state index in [1.165, 1.54) is 20.1 Å². The first-order valence-electron chi connectivity index (χ1n) is 11.0. The molecule has 8 nitrogen and oxygen atoms in total. The van der Waals surface area contributed by atoms with Crippen LogP contribution in [0.15, 0.2) is 48.5 Å². The van der Waals surface area contributed by atoms with Gasteiger partial charge in [-0.2, -0.15) is 0 Å². The van der Waals surface area contributed by atoms with E-state index in [4.69, 9.17) is 4.74 Å². The Balaban J connectivity index is 1.59. The number of benzene rings is 2. The molecule has 2 heterocycles. The number of nitrogens with one attached hydrogen (secondary N) is 1. The lowest BCUT2D eigenvalue weighted by atomic mass is 9.92. The summed E-state index contributed by atoms with van der Waals surface area (Å²) in [5.41, 5.74) is 1.11. The zero-order valence-corrected chi connectivity index (χ0v) is 20.0. The molecule has 1 N–H and O–H groups in total. The predicted molar refractivity (Wildman–Crippen MR) is 125 cm³/mol. The fourth-order valence-corrected chi connectivity index (χ4v) is 4.38. The number of ketones is 1. The van der Waals surface area contributed by atoms with Crippen molar-refractivity contribution in [1.29, 1.82) is 0 Å². The van der Waals surface area contributed by atoms with Crippen molar-refractivity contribution in [3.05, 3.63) is 88.2 Å². The van der Waals surface area contributed by atoms with Gasteiger partial charge in [0.1, 0.15) is 5.54 Å². The Hall–Kier alpha value is -4.34. The number of carbonyl (C=O) groups excluding carboxylic acids is 4. The zero-order chi connectivity index (χ0) is 26.4. The van der Waals surface area contributed by atoms with Crippen molar-refractivity contribution in [1.82, 2.24) is 14.8 Å². The number of halogens is 2. The number of nitrogens with zero attached hydrogens (tertiary/aromatic N) is 2. The van der Waals surface area contributed by atoms with Crippen LogP contribution in [0.3, 0.4) is 0 Å². The molecule has 0 spiro atoms. The quantitative estimate of drug-likeness (QED) is 0.319. The van der Waals surface area contributed by atoms with E-state index in [1.54, 1.807) is 44.2 Å². The SMILES string of the molecule is COC(=O)c1ccc(-n2c(C)cc(C(=O)CN3C(=O)NC(C)(c4ccc(F)c(F)c4)C3=O)c2C)cc1. The van der Waals surface area contributed by atoms with E-state index in [0.717, 1.165) is 22.7 Å². The Morgan fingerprint density at radius 3 is 2.28 bits per heavy atom. The number of aromatic nitrogens is 1. The molecule has 1 aromatic heterocycles. The van der Waals surface area contributed by atoms with Gasteiger partial charge in [0, 0.05) is 22.6 Å². The minimum Gasteiger partial charge on any atom is -0.465 e. The van der Waals surface area contributed by atoms with Gasteiger partial charge in [0.2, 0.25) is 0 Å². The van der Waals surface area contributed by atoms with E-state index >= 15 is 0 Å². The number of aryl methyl sites for hydroxylation is 1. The topological polar surface area (TPSA) is 97.7 Å². The summed E-state index contributed by atoms with van der Waals surface area (Å²) < 4.78 is 33.7. The van der Waals surface area contributed by atoms with E-state index in [2.05, 4.69) is 5.32 Å². The van der Waals surface area contributed by atoms with Crippen molar-refractivity contribution in [3.63, 3.8) is 0 Å². The number of amides is 3. The monoisotopic (exact) mass is 495 g/mol. The first-order valence-corrected chi connectivity index (χ1v) is 11.0. The fraction of sp³-hybridized carbons (Fsp3) is 0.231. The van der Waals surface area contributed by atoms with E-state index < -0.39 is 47.4 Å². The van der Waals surface area contributed by atoms with Gasteiger partial charge < -0.3 is 14.6 Å². The molecular formula is C26H23F2N3O5. The first kappa shape index (κ1) is 24.8. The van der Waals surface area contributed by atoms with Gasteiger partial charge in [-0.15, -0.1) is 0 Å². The van der Waals surface area contributed by atoms with Crippen LogP contribution >= 0.6 is 0 Å². The van der Waals surface area contributed by atoms with Crippen molar-refractivity contribution in [3.8, 4) is 5.69 Å². The van der Waals surface area contributed by atoms with Crippen LogP contribution < -0.4 is 5.32 Å². The van der Waals surface area contributed by atoms with Crippen LogP contribution in [-0.4, -0.2) is 46.8 Å². The highest BCUT2D eigenvalue weighted by molar-refractivity contribution is 6.11. The molecule has 1 aliphatic rings. The maximum atomic E-state index is 13.8. The van der Waals surface area contributed by atoms with E-state index in [9.17, 15) is 28.0 Å². The number of hydrogen-bond acceptors (Lipinski definition) is 5. The van der Waals surface area contributed by atoms with Gasteiger partial charge >= 0.3 is 12.0 Å². The van der Waals surface area contributed by atoms with Gasteiger partial charge in [0.25, 0.3) is 5.91 Å². The van der Waals surface area contributed by atoms with Crippen LogP contribution in [0.4, 0.5) is 13.6 Å². The third-order valence-electron chi connectivity index (χ3n) is 6.35. The second-order valence-corrected chi connectivity index (χ2v) is 8.66. The molecule has 0 saturated carbocycles. The van der Waals surface area contributed by atoms with Gasteiger partial charge in [-0.05, 0) is 68.8 Å². The van der Waals surface area contributed by atoms with Crippen molar-refractivity contribution in [2.24, 2.45) is 0 Å². The lowest BCUT2D eigenvalue weighted by Gasteiger charge is -2.22. The van der Waals surface area contributed by atoms with Gasteiger partial charge in [0.15, 0.2) is 17.4 Å². The molecule has 36 heavy (non-hydrogen) atoms. The summed E-state index contributed by atoms with van der Waals surface area (Å²) in [6, 6.07) is 10.4. The summed E-state index contributed by atoms with van der Waals surface area (Å²) >= 11 is 0. The molecule has 1 saturated heterocycles. The Morgan fingerprint density at radius 2 is 1.67 bits per heavy atom. The molecule has 1 unspecified atom stereocenters. The average Bonchev–Trinajstić information content (AvgIpc) is 3.27.